The normalized spacial score (nSPS) is 9.90. The summed E-state index contributed by atoms with van der Waals surface area (Å²) in [5, 5.41) is 1.21. The monoisotopic (exact) mass is 289 g/mol. The predicted molar refractivity (Wildman–Crippen MR) is 76.5 cm³/mol. The minimum atomic E-state index is -0.624. The third-order valence-corrected chi connectivity index (χ3v) is 2.86. The number of nitrogens with zero attached hydrogens (tertiary/aromatic N) is 1. The fourth-order valence-electron chi connectivity index (χ4n) is 1.61. The van der Waals surface area contributed by atoms with Crippen molar-refractivity contribution < 1.29 is 14.4 Å². The molecule has 0 saturated heterocycles. The molecule has 2 aromatic rings. The first-order valence-corrected chi connectivity index (χ1v) is 6.30. The molecule has 0 fully saturated rings. The van der Waals surface area contributed by atoms with Gasteiger partial charge < -0.3 is 4.84 Å². The van der Waals surface area contributed by atoms with Crippen LogP contribution in [0, 0.1) is 0 Å². The number of hydrogen-bond acceptors (Lipinski definition) is 3. The van der Waals surface area contributed by atoms with E-state index in [1.807, 2.05) is 0 Å². The van der Waals surface area contributed by atoms with Crippen molar-refractivity contribution in [3.63, 3.8) is 0 Å². The second-order valence-electron chi connectivity index (χ2n) is 4.01. The predicted octanol–water partition coefficient (Wildman–Crippen LogP) is 3.46. The van der Waals surface area contributed by atoms with Gasteiger partial charge in [0.1, 0.15) is 5.69 Å². The molecule has 5 heteroatoms. The fraction of sp³-hybridized carbons (Fsp3) is 0.0667. The molecule has 0 aromatic heterocycles. The number of halogens is 1. The molecular weight excluding hydrogens is 278 g/mol. The smallest absolute Gasteiger partial charge is 0.328 e. The van der Waals surface area contributed by atoms with Gasteiger partial charge in [0, 0.05) is 6.92 Å². The minimum absolute atomic E-state index is 0.323. The number of amides is 1. The maximum atomic E-state index is 12.0. The second kappa shape index (κ2) is 6.21. The number of anilines is 1. The largest absolute Gasteiger partial charge is 0.363 e. The molecule has 0 unspecified atom stereocenters. The van der Waals surface area contributed by atoms with Gasteiger partial charge in [0.2, 0.25) is 0 Å². The fourth-order valence-corrected chi connectivity index (χ4v) is 1.82. The zero-order valence-corrected chi connectivity index (χ0v) is 11.5. The summed E-state index contributed by atoms with van der Waals surface area (Å²) >= 11 is 6.01. The number of para-hydroxylation sites is 1. The lowest BCUT2D eigenvalue weighted by Crippen LogP contribution is -2.31. The van der Waals surface area contributed by atoms with Gasteiger partial charge in [-0.1, -0.05) is 41.9 Å². The Labute approximate surface area is 121 Å². The lowest BCUT2D eigenvalue weighted by atomic mass is 10.2. The summed E-state index contributed by atoms with van der Waals surface area (Å²) in [5.41, 5.74) is 0.678. The highest BCUT2D eigenvalue weighted by Gasteiger charge is 2.20. The summed E-state index contributed by atoms with van der Waals surface area (Å²) in [4.78, 5) is 28.8. The van der Waals surface area contributed by atoms with Gasteiger partial charge >= 0.3 is 5.97 Å². The Hall–Kier alpha value is -2.33. The minimum Gasteiger partial charge on any atom is -0.328 e. The molecule has 4 nitrogen and oxygen atoms in total. The molecule has 0 bridgehead atoms. The van der Waals surface area contributed by atoms with Crippen molar-refractivity contribution in [1.29, 1.82) is 0 Å². The SMILES string of the molecule is CC(=O)N(OC(=O)c1ccccc1)c1ccccc1Cl. The highest BCUT2D eigenvalue weighted by atomic mass is 35.5. The Morgan fingerprint density at radius 2 is 1.60 bits per heavy atom. The van der Waals surface area contributed by atoms with Crippen LogP contribution in [0.1, 0.15) is 17.3 Å². The van der Waals surface area contributed by atoms with Crippen LogP contribution >= 0.6 is 11.6 Å². The Kier molecular flexibility index (Phi) is 4.38. The zero-order valence-electron chi connectivity index (χ0n) is 10.7. The first kappa shape index (κ1) is 14.1. The molecule has 0 radical (unpaired) electrons. The van der Waals surface area contributed by atoms with Crippen LogP contribution in [-0.2, 0) is 9.63 Å². The number of benzene rings is 2. The van der Waals surface area contributed by atoms with Crippen LogP contribution in [0.3, 0.4) is 0 Å². The maximum Gasteiger partial charge on any atom is 0.363 e. The van der Waals surface area contributed by atoms with Crippen molar-refractivity contribution in [2.75, 3.05) is 5.06 Å². The van der Waals surface area contributed by atoms with E-state index in [9.17, 15) is 9.59 Å². The van der Waals surface area contributed by atoms with Crippen LogP contribution in [0.25, 0.3) is 0 Å². The molecule has 0 aliphatic carbocycles. The van der Waals surface area contributed by atoms with E-state index in [4.69, 9.17) is 16.4 Å². The summed E-state index contributed by atoms with van der Waals surface area (Å²) in [7, 11) is 0. The van der Waals surface area contributed by atoms with Crippen LogP contribution in [-0.4, -0.2) is 11.9 Å². The number of carbonyl (C=O) groups is 2. The summed E-state index contributed by atoms with van der Waals surface area (Å²) in [6.45, 7) is 1.29. The standard InChI is InChI=1S/C15H12ClNO3/c1-11(18)17(14-10-6-5-9-13(14)16)20-15(19)12-7-3-2-4-8-12/h2-10H,1H3. The average Bonchev–Trinajstić information content (AvgIpc) is 2.46. The summed E-state index contributed by atoms with van der Waals surface area (Å²) in [6.07, 6.45) is 0. The zero-order chi connectivity index (χ0) is 14.5. The molecule has 0 atom stereocenters. The summed E-state index contributed by atoms with van der Waals surface area (Å²) < 4.78 is 0. The van der Waals surface area contributed by atoms with Gasteiger partial charge in [0.25, 0.3) is 5.91 Å². The maximum absolute atomic E-state index is 12.0. The molecule has 102 valence electrons. The van der Waals surface area contributed by atoms with Crippen molar-refractivity contribution in [2.24, 2.45) is 0 Å². The van der Waals surface area contributed by atoms with Gasteiger partial charge in [0.15, 0.2) is 0 Å². The van der Waals surface area contributed by atoms with Crippen molar-refractivity contribution in [3.8, 4) is 0 Å². The molecule has 2 aromatic carbocycles. The Balaban J connectivity index is 2.26. The molecule has 0 N–H and O–H groups in total. The molecule has 0 aliphatic heterocycles. The molecule has 20 heavy (non-hydrogen) atoms. The van der Waals surface area contributed by atoms with E-state index in [0.29, 0.717) is 16.3 Å². The Morgan fingerprint density at radius 1 is 1.00 bits per heavy atom. The third-order valence-electron chi connectivity index (χ3n) is 2.54. The summed E-state index contributed by atoms with van der Waals surface area (Å²) in [5.74, 6) is -1.07. The van der Waals surface area contributed by atoms with Crippen molar-refractivity contribution in [2.45, 2.75) is 6.92 Å². The number of hydroxylamine groups is 1. The molecule has 0 saturated carbocycles. The molecule has 1 amide bonds. The van der Waals surface area contributed by atoms with E-state index in [0.717, 1.165) is 5.06 Å². The van der Waals surface area contributed by atoms with Crippen LogP contribution in [0.15, 0.2) is 54.6 Å². The first-order chi connectivity index (χ1) is 9.59. The topological polar surface area (TPSA) is 46.6 Å². The second-order valence-corrected chi connectivity index (χ2v) is 4.42. The van der Waals surface area contributed by atoms with Crippen LogP contribution in [0.2, 0.25) is 5.02 Å². The van der Waals surface area contributed by atoms with Gasteiger partial charge in [-0.3, -0.25) is 4.79 Å². The van der Waals surface area contributed by atoms with E-state index in [2.05, 4.69) is 0 Å². The number of hydrogen-bond donors (Lipinski definition) is 0. The van der Waals surface area contributed by atoms with Crippen LogP contribution < -0.4 is 5.06 Å². The van der Waals surface area contributed by atoms with E-state index < -0.39 is 11.9 Å². The van der Waals surface area contributed by atoms with Gasteiger partial charge in [-0.25, -0.2) is 4.79 Å². The average molecular weight is 290 g/mol. The number of carbonyl (C=O) groups excluding carboxylic acids is 2. The van der Waals surface area contributed by atoms with E-state index in [-0.39, 0.29) is 0 Å². The molecule has 0 heterocycles. The molecule has 0 aliphatic rings. The molecular formula is C15H12ClNO3. The lowest BCUT2D eigenvalue weighted by molar-refractivity contribution is -0.122. The van der Waals surface area contributed by atoms with Crippen LogP contribution in [0.4, 0.5) is 5.69 Å². The first-order valence-electron chi connectivity index (χ1n) is 5.92. The van der Waals surface area contributed by atoms with E-state index >= 15 is 0 Å². The third kappa shape index (κ3) is 3.16. The van der Waals surface area contributed by atoms with Crippen molar-refractivity contribution in [3.05, 3.63) is 65.2 Å². The quantitative estimate of drug-likeness (QED) is 0.795. The van der Waals surface area contributed by atoms with E-state index in [1.165, 1.54) is 6.92 Å². The van der Waals surface area contributed by atoms with Crippen molar-refractivity contribution >= 4 is 29.2 Å². The van der Waals surface area contributed by atoms with Gasteiger partial charge in [0.05, 0.1) is 10.6 Å². The lowest BCUT2D eigenvalue weighted by Gasteiger charge is -2.20. The van der Waals surface area contributed by atoms with Gasteiger partial charge in [-0.15, -0.1) is 5.06 Å². The Bertz CT molecular complexity index is 628. The molecule has 2 rings (SSSR count). The molecule has 0 spiro atoms. The van der Waals surface area contributed by atoms with E-state index in [1.54, 1.807) is 54.6 Å². The summed E-state index contributed by atoms with van der Waals surface area (Å²) in [6, 6.07) is 15.1. The Morgan fingerprint density at radius 3 is 2.20 bits per heavy atom. The highest BCUT2D eigenvalue weighted by molar-refractivity contribution is 6.33. The number of rotatable bonds is 2. The van der Waals surface area contributed by atoms with Crippen LogP contribution in [0.5, 0.6) is 0 Å². The van der Waals surface area contributed by atoms with Crippen molar-refractivity contribution in [1.82, 2.24) is 0 Å². The van der Waals surface area contributed by atoms with Gasteiger partial charge in [-0.05, 0) is 24.3 Å². The highest BCUT2D eigenvalue weighted by Crippen LogP contribution is 2.26. The van der Waals surface area contributed by atoms with Gasteiger partial charge in [-0.2, -0.15) is 0 Å².